The van der Waals surface area contributed by atoms with Crippen LogP contribution in [0.15, 0.2) is 4.99 Å². The van der Waals surface area contributed by atoms with Crippen LogP contribution in [0.4, 0.5) is 0 Å². The van der Waals surface area contributed by atoms with Gasteiger partial charge in [0.1, 0.15) is 0 Å². The van der Waals surface area contributed by atoms with E-state index in [9.17, 15) is 0 Å². The van der Waals surface area contributed by atoms with Crippen LogP contribution in [0.1, 0.15) is 6.42 Å². The SMILES string of the molecule is CN=C(NCCCOCCOC)NCC1CN2CCN1CC2. The van der Waals surface area contributed by atoms with Crippen molar-refractivity contribution in [2.75, 3.05) is 79.8 Å². The van der Waals surface area contributed by atoms with E-state index in [1.54, 1.807) is 7.11 Å². The van der Waals surface area contributed by atoms with Crippen LogP contribution < -0.4 is 10.6 Å². The Morgan fingerprint density at radius 1 is 1.14 bits per heavy atom. The molecular formula is C15H31N5O2. The third-order valence-electron chi connectivity index (χ3n) is 4.31. The highest BCUT2D eigenvalue weighted by Gasteiger charge is 2.31. The van der Waals surface area contributed by atoms with Gasteiger partial charge in [-0.15, -0.1) is 0 Å². The zero-order valence-corrected chi connectivity index (χ0v) is 14.0. The minimum Gasteiger partial charge on any atom is -0.382 e. The standard InChI is InChI=1S/C15H31N5O2/c1-16-15(17-4-3-9-22-11-10-21-2)18-12-14-13-19-5-7-20(14)8-6-19/h14H,3-13H2,1-2H3,(H2,16,17,18). The number of methoxy groups -OCH3 is 1. The number of hydrogen-bond donors (Lipinski definition) is 2. The zero-order chi connectivity index (χ0) is 15.6. The molecular weight excluding hydrogens is 282 g/mol. The molecule has 22 heavy (non-hydrogen) atoms. The molecule has 0 aromatic rings. The van der Waals surface area contributed by atoms with Crippen LogP contribution in [0.5, 0.6) is 0 Å². The molecule has 1 unspecified atom stereocenters. The van der Waals surface area contributed by atoms with E-state index in [4.69, 9.17) is 9.47 Å². The lowest BCUT2D eigenvalue weighted by molar-refractivity contribution is 0.0154. The number of fused-ring (bicyclic) bond motifs is 3. The van der Waals surface area contributed by atoms with E-state index in [0.717, 1.165) is 32.1 Å². The van der Waals surface area contributed by atoms with E-state index in [2.05, 4.69) is 25.4 Å². The Bertz CT molecular complexity index is 332. The topological polar surface area (TPSA) is 61.4 Å². The predicted molar refractivity (Wildman–Crippen MR) is 88.5 cm³/mol. The molecule has 3 rings (SSSR count). The number of ether oxygens (including phenoxy) is 2. The number of aliphatic imine (C=N–C) groups is 1. The van der Waals surface area contributed by atoms with Crippen LogP contribution in [0.25, 0.3) is 0 Å². The van der Waals surface area contributed by atoms with Gasteiger partial charge in [0, 0.05) is 72.6 Å². The molecule has 0 saturated carbocycles. The summed E-state index contributed by atoms with van der Waals surface area (Å²) in [6, 6.07) is 0.610. The predicted octanol–water partition coefficient (Wildman–Crippen LogP) is -0.796. The van der Waals surface area contributed by atoms with E-state index in [1.807, 2.05) is 7.05 Å². The molecule has 0 amide bonds. The summed E-state index contributed by atoms with van der Waals surface area (Å²) in [6.45, 7) is 9.94. The van der Waals surface area contributed by atoms with Gasteiger partial charge in [-0.05, 0) is 6.42 Å². The largest absolute Gasteiger partial charge is 0.382 e. The quantitative estimate of drug-likeness (QED) is 0.330. The van der Waals surface area contributed by atoms with E-state index in [-0.39, 0.29) is 0 Å². The van der Waals surface area contributed by atoms with Gasteiger partial charge in [-0.1, -0.05) is 0 Å². The van der Waals surface area contributed by atoms with E-state index in [0.29, 0.717) is 19.3 Å². The van der Waals surface area contributed by atoms with Gasteiger partial charge >= 0.3 is 0 Å². The van der Waals surface area contributed by atoms with Gasteiger partial charge in [-0.25, -0.2) is 0 Å². The first-order chi connectivity index (χ1) is 10.8. The first-order valence-corrected chi connectivity index (χ1v) is 8.31. The molecule has 3 heterocycles. The summed E-state index contributed by atoms with van der Waals surface area (Å²) >= 11 is 0. The number of hydrogen-bond acceptors (Lipinski definition) is 5. The van der Waals surface area contributed by atoms with Crippen molar-refractivity contribution in [1.29, 1.82) is 0 Å². The molecule has 128 valence electrons. The first kappa shape index (κ1) is 17.5. The van der Waals surface area contributed by atoms with Crippen LogP contribution in [0.2, 0.25) is 0 Å². The molecule has 7 heteroatoms. The smallest absolute Gasteiger partial charge is 0.191 e. The van der Waals surface area contributed by atoms with Crippen LogP contribution in [0.3, 0.4) is 0 Å². The maximum atomic E-state index is 5.44. The molecule has 1 atom stereocenters. The van der Waals surface area contributed by atoms with Gasteiger partial charge < -0.3 is 20.1 Å². The minimum absolute atomic E-state index is 0.610. The first-order valence-electron chi connectivity index (χ1n) is 8.31. The monoisotopic (exact) mass is 313 g/mol. The fourth-order valence-corrected chi connectivity index (χ4v) is 2.98. The Balaban J connectivity index is 1.54. The zero-order valence-electron chi connectivity index (χ0n) is 14.0. The third kappa shape index (κ3) is 5.72. The summed E-state index contributed by atoms with van der Waals surface area (Å²) in [5, 5.41) is 6.78. The van der Waals surface area contributed by atoms with Crippen LogP contribution in [0, 0.1) is 0 Å². The maximum absolute atomic E-state index is 5.44. The highest BCUT2D eigenvalue weighted by atomic mass is 16.5. The lowest BCUT2D eigenvalue weighted by Crippen LogP contribution is -2.63. The molecule has 3 fully saturated rings. The molecule has 0 aromatic carbocycles. The second kappa shape index (κ2) is 9.99. The summed E-state index contributed by atoms with van der Waals surface area (Å²) in [4.78, 5) is 9.43. The average Bonchev–Trinajstić information content (AvgIpc) is 2.58. The Morgan fingerprint density at radius 2 is 1.95 bits per heavy atom. The third-order valence-corrected chi connectivity index (χ3v) is 4.31. The molecule has 3 aliphatic rings. The van der Waals surface area contributed by atoms with Gasteiger partial charge in [0.25, 0.3) is 0 Å². The Hall–Kier alpha value is -0.890. The average molecular weight is 313 g/mol. The van der Waals surface area contributed by atoms with Crippen LogP contribution in [-0.2, 0) is 9.47 Å². The van der Waals surface area contributed by atoms with Crippen molar-refractivity contribution >= 4 is 5.96 Å². The number of guanidine groups is 1. The molecule has 0 aromatic heterocycles. The number of nitrogens with one attached hydrogen (secondary N) is 2. The fourth-order valence-electron chi connectivity index (χ4n) is 2.98. The van der Waals surface area contributed by atoms with Crippen LogP contribution >= 0.6 is 0 Å². The van der Waals surface area contributed by atoms with Gasteiger partial charge in [0.2, 0.25) is 0 Å². The van der Waals surface area contributed by atoms with Gasteiger partial charge in [-0.2, -0.15) is 0 Å². The Kier molecular flexibility index (Phi) is 7.93. The Morgan fingerprint density at radius 3 is 2.59 bits per heavy atom. The number of nitrogens with zero attached hydrogens (tertiary/aromatic N) is 3. The number of rotatable bonds is 9. The minimum atomic E-state index is 0.610. The van der Waals surface area contributed by atoms with Crippen molar-refractivity contribution in [3.63, 3.8) is 0 Å². The molecule has 3 aliphatic heterocycles. The summed E-state index contributed by atoms with van der Waals surface area (Å²) in [7, 11) is 3.51. The van der Waals surface area contributed by atoms with Crippen molar-refractivity contribution in [3.8, 4) is 0 Å². The Labute approximate surface area is 134 Å². The number of piperazine rings is 3. The molecule has 0 radical (unpaired) electrons. The fraction of sp³-hybridized carbons (Fsp3) is 0.933. The second-order valence-corrected chi connectivity index (χ2v) is 5.83. The highest BCUT2D eigenvalue weighted by molar-refractivity contribution is 5.79. The maximum Gasteiger partial charge on any atom is 0.191 e. The van der Waals surface area contributed by atoms with Crippen molar-refractivity contribution in [2.45, 2.75) is 12.5 Å². The lowest BCUT2D eigenvalue weighted by atomic mass is 10.1. The summed E-state index contributed by atoms with van der Waals surface area (Å²) in [6.07, 6.45) is 0.966. The summed E-state index contributed by atoms with van der Waals surface area (Å²) in [5.41, 5.74) is 0. The highest BCUT2D eigenvalue weighted by Crippen LogP contribution is 2.14. The van der Waals surface area contributed by atoms with E-state index >= 15 is 0 Å². The van der Waals surface area contributed by atoms with Gasteiger partial charge in [0.15, 0.2) is 5.96 Å². The van der Waals surface area contributed by atoms with Crippen molar-refractivity contribution in [2.24, 2.45) is 4.99 Å². The van der Waals surface area contributed by atoms with Crippen molar-refractivity contribution < 1.29 is 9.47 Å². The molecule has 2 N–H and O–H groups in total. The molecule has 2 bridgehead atoms. The summed E-state index contributed by atoms with van der Waals surface area (Å²) < 4.78 is 10.4. The van der Waals surface area contributed by atoms with Crippen LogP contribution in [-0.4, -0.2) is 102 Å². The van der Waals surface area contributed by atoms with Crippen molar-refractivity contribution in [3.05, 3.63) is 0 Å². The van der Waals surface area contributed by atoms with E-state index < -0.39 is 0 Å². The van der Waals surface area contributed by atoms with Crippen molar-refractivity contribution in [1.82, 2.24) is 20.4 Å². The molecule has 3 saturated heterocycles. The van der Waals surface area contributed by atoms with Gasteiger partial charge in [0.05, 0.1) is 13.2 Å². The lowest BCUT2D eigenvalue weighted by Gasteiger charge is -2.47. The second-order valence-electron chi connectivity index (χ2n) is 5.83. The molecule has 0 aliphatic carbocycles. The normalized spacial score (nSPS) is 27.9. The summed E-state index contributed by atoms with van der Waals surface area (Å²) in [5.74, 6) is 0.884. The van der Waals surface area contributed by atoms with Gasteiger partial charge in [-0.3, -0.25) is 14.8 Å². The van der Waals surface area contributed by atoms with E-state index in [1.165, 1.54) is 32.7 Å². The molecule has 0 spiro atoms. The molecule has 7 nitrogen and oxygen atoms in total.